The van der Waals surface area contributed by atoms with Crippen LogP contribution in [0.15, 0.2) is 65.6 Å². The lowest BCUT2D eigenvalue weighted by atomic mass is 10.00. The van der Waals surface area contributed by atoms with Gasteiger partial charge in [-0.1, -0.05) is 49.7 Å². The fourth-order valence-corrected chi connectivity index (χ4v) is 3.52. The first-order chi connectivity index (χ1) is 14.9. The smallest absolute Gasteiger partial charge is 0.272 e. The zero-order valence-electron chi connectivity index (χ0n) is 17.8. The van der Waals surface area contributed by atoms with Crippen molar-refractivity contribution in [2.24, 2.45) is 5.92 Å². The molecule has 7 nitrogen and oxygen atoms in total. The van der Waals surface area contributed by atoms with E-state index in [9.17, 15) is 9.59 Å². The molecule has 4 aromatic rings. The van der Waals surface area contributed by atoms with Gasteiger partial charge in [-0.2, -0.15) is 0 Å². The molecule has 4 rings (SSSR count). The number of aryl methyl sites for hydroxylation is 1. The maximum Gasteiger partial charge on any atom is 0.272 e. The highest BCUT2D eigenvalue weighted by Crippen LogP contribution is 2.21. The number of hydrogen-bond acceptors (Lipinski definition) is 4. The van der Waals surface area contributed by atoms with Gasteiger partial charge in [0.2, 0.25) is 5.91 Å². The molecular formula is C24H25N5O2. The van der Waals surface area contributed by atoms with Crippen molar-refractivity contribution in [3.63, 3.8) is 0 Å². The van der Waals surface area contributed by atoms with Gasteiger partial charge in [0, 0.05) is 18.3 Å². The van der Waals surface area contributed by atoms with Gasteiger partial charge in [0.25, 0.3) is 5.56 Å². The highest BCUT2D eigenvalue weighted by Gasteiger charge is 2.22. The van der Waals surface area contributed by atoms with E-state index in [1.165, 1.54) is 10.6 Å². The Kier molecular flexibility index (Phi) is 5.66. The molecule has 0 saturated carbocycles. The number of carbonyl (C=O) groups excluding carboxylic acids is 1. The van der Waals surface area contributed by atoms with E-state index in [1.54, 1.807) is 12.3 Å². The maximum atomic E-state index is 12.7. The molecule has 1 unspecified atom stereocenters. The lowest BCUT2D eigenvalue weighted by Crippen LogP contribution is -2.34. The van der Waals surface area contributed by atoms with E-state index < -0.39 is 0 Å². The van der Waals surface area contributed by atoms with E-state index in [-0.39, 0.29) is 29.8 Å². The second kappa shape index (κ2) is 8.55. The Morgan fingerprint density at radius 1 is 1.13 bits per heavy atom. The van der Waals surface area contributed by atoms with Crippen molar-refractivity contribution in [3.05, 3.63) is 88.0 Å². The molecule has 0 radical (unpaired) electrons. The zero-order chi connectivity index (χ0) is 22.0. The van der Waals surface area contributed by atoms with Crippen molar-refractivity contribution in [3.8, 4) is 11.4 Å². The van der Waals surface area contributed by atoms with Crippen LogP contribution in [-0.2, 0) is 11.2 Å². The summed E-state index contributed by atoms with van der Waals surface area (Å²) in [5.74, 6) is -0.0432. The number of nitrogens with zero attached hydrogens (tertiary/aromatic N) is 3. The van der Waals surface area contributed by atoms with Crippen LogP contribution in [0.3, 0.4) is 0 Å². The van der Waals surface area contributed by atoms with Crippen LogP contribution in [-0.4, -0.2) is 25.5 Å². The minimum atomic E-state index is -0.371. The third-order valence-electron chi connectivity index (χ3n) is 5.20. The van der Waals surface area contributed by atoms with Crippen LogP contribution >= 0.6 is 0 Å². The summed E-state index contributed by atoms with van der Waals surface area (Å²) >= 11 is 0. The molecule has 3 aromatic heterocycles. The van der Waals surface area contributed by atoms with E-state index in [0.717, 1.165) is 16.8 Å². The second-order valence-corrected chi connectivity index (χ2v) is 8.05. The van der Waals surface area contributed by atoms with Gasteiger partial charge >= 0.3 is 0 Å². The molecule has 7 heteroatoms. The molecule has 1 atom stereocenters. The van der Waals surface area contributed by atoms with Crippen LogP contribution in [0, 0.1) is 12.8 Å². The summed E-state index contributed by atoms with van der Waals surface area (Å²) in [6.07, 6.45) is 1.97. The maximum absolute atomic E-state index is 12.7. The van der Waals surface area contributed by atoms with Crippen LogP contribution in [0.5, 0.6) is 0 Å². The van der Waals surface area contributed by atoms with Crippen molar-refractivity contribution < 1.29 is 4.79 Å². The monoisotopic (exact) mass is 415 g/mol. The molecule has 0 spiro atoms. The number of nitrogens with one attached hydrogen (secondary N) is 2. The number of aromatic nitrogens is 4. The third kappa shape index (κ3) is 4.55. The largest absolute Gasteiger partial charge is 0.347 e. The van der Waals surface area contributed by atoms with Gasteiger partial charge in [0.05, 0.1) is 29.5 Å². The number of benzene rings is 1. The molecule has 0 aliphatic heterocycles. The van der Waals surface area contributed by atoms with Gasteiger partial charge in [0.1, 0.15) is 0 Å². The summed E-state index contributed by atoms with van der Waals surface area (Å²) in [6.45, 7) is 6.01. The average molecular weight is 415 g/mol. The third-order valence-corrected chi connectivity index (χ3v) is 5.20. The number of fused-ring (bicyclic) bond motifs is 1. The zero-order valence-corrected chi connectivity index (χ0v) is 17.8. The number of H-pyrrole nitrogens is 1. The number of carbonyl (C=O) groups is 1. The van der Waals surface area contributed by atoms with E-state index in [4.69, 9.17) is 0 Å². The molecular weight excluding hydrogens is 390 g/mol. The predicted molar refractivity (Wildman–Crippen MR) is 120 cm³/mol. The van der Waals surface area contributed by atoms with Crippen LogP contribution in [0.2, 0.25) is 0 Å². The number of aromatic amines is 1. The topological polar surface area (TPSA) is 92.2 Å². The molecule has 1 aromatic carbocycles. The highest BCUT2D eigenvalue weighted by atomic mass is 16.1. The molecule has 0 aliphatic carbocycles. The summed E-state index contributed by atoms with van der Waals surface area (Å²) < 4.78 is 1.39. The predicted octanol–water partition coefficient (Wildman–Crippen LogP) is 3.45. The fourth-order valence-electron chi connectivity index (χ4n) is 3.52. The van der Waals surface area contributed by atoms with E-state index >= 15 is 0 Å². The Morgan fingerprint density at radius 3 is 2.58 bits per heavy atom. The normalized spacial score (nSPS) is 12.3. The summed E-state index contributed by atoms with van der Waals surface area (Å²) in [5.41, 5.74) is 4.32. The SMILES string of the molecule is Cc1ccc(CC(=O)NC(c2cc(=O)n3[nH]c(-c4ccccn4)cc3n2)C(C)C)cc1. The Hall–Kier alpha value is -3.74. The highest BCUT2D eigenvalue weighted by molar-refractivity contribution is 5.79. The van der Waals surface area contributed by atoms with Gasteiger partial charge in [-0.15, -0.1) is 0 Å². The molecule has 0 bridgehead atoms. The summed E-state index contributed by atoms with van der Waals surface area (Å²) in [6, 6.07) is 16.4. The van der Waals surface area contributed by atoms with Crippen molar-refractivity contribution in [1.82, 2.24) is 24.9 Å². The number of amides is 1. The van der Waals surface area contributed by atoms with Crippen molar-refractivity contribution >= 4 is 11.6 Å². The van der Waals surface area contributed by atoms with E-state index in [2.05, 4.69) is 20.4 Å². The molecule has 0 saturated heterocycles. The molecule has 0 aliphatic rings. The number of rotatable bonds is 6. The first kappa shape index (κ1) is 20.5. The molecule has 31 heavy (non-hydrogen) atoms. The molecule has 1 amide bonds. The van der Waals surface area contributed by atoms with Gasteiger partial charge in [-0.3, -0.25) is 19.7 Å². The minimum Gasteiger partial charge on any atom is -0.347 e. The molecule has 158 valence electrons. The average Bonchev–Trinajstić information content (AvgIpc) is 3.19. The van der Waals surface area contributed by atoms with E-state index in [0.29, 0.717) is 17.0 Å². The van der Waals surface area contributed by atoms with Crippen LogP contribution in [0.25, 0.3) is 17.0 Å². The lowest BCUT2D eigenvalue weighted by molar-refractivity contribution is -0.121. The van der Waals surface area contributed by atoms with Crippen molar-refractivity contribution in [1.29, 1.82) is 0 Å². The number of hydrogen-bond donors (Lipinski definition) is 2. The Bertz CT molecular complexity index is 1260. The molecule has 0 fully saturated rings. The summed E-state index contributed by atoms with van der Waals surface area (Å²) in [7, 11) is 0. The first-order valence-electron chi connectivity index (χ1n) is 10.3. The quantitative estimate of drug-likeness (QED) is 0.505. The Balaban J connectivity index is 1.61. The second-order valence-electron chi connectivity index (χ2n) is 8.05. The van der Waals surface area contributed by atoms with E-state index in [1.807, 2.05) is 63.2 Å². The fraction of sp³-hybridized carbons (Fsp3) is 0.250. The van der Waals surface area contributed by atoms with Crippen molar-refractivity contribution in [2.45, 2.75) is 33.2 Å². The van der Waals surface area contributed by atoms with Crippen LogP contribution in [0.4, 0.5) is 0 Å². The minimum absolute atomic E-state index is 0.0607. The number of pyridine rings is 1. The van der Waals surface area contributed by atoms with Crippen LogP contribution < -0.4 is 10.9 Å². The van der Waals surface area contributed by atoms with Crippen LogP contribution in [0.1, 0.15) is 36.7 Å². The van der Waals surface area contributed by atoms with Gasteiger partial charge in [-0.05, 0) is 30.5 Å². The van der Waals surface area contributed by atoms with Gasteiger partial charge in [-0.25, -0.2) is 9.50 Å². The molecule has 3 heterocycles. The van der Waals surface area contributed by atoms with Gasteiger partial charge in [0.15, 0.2) is 5.65 Å². The molecule has 2 N–H and O–H groups in total. The standard InChI is InChI=1S/C24H25N5O2/c1-15(2)24(27-22(30)12-17-9-7-16(3)8-10-17)20-14-23(31)29-21(26-20)13-19(28-29)18-6-4-5-11-25-18/h4-11,13-15,24,28H,12H2,1-3H3,(H,27,30). The summed E-state index contributed by atoms with van der Waals surface area (Å²) in [4.78, 5) is 34.4. The Labute approximate surface area is 180 Å². The Morgan fingerprint density at radius 2 is 1.90 bits per heavy atom. The first-order valence-corrected chi connectivity index (χ1v) is 10.3. The van der Waals surface area contributed by atoms with Gasteiger partial charge < -0.3 is 5.32 Å². The van der Waals surface area contributed by atoms with Crippen molar-refractivity contribution in [2.75, 3.05) is 0 Å². The lowest BCUT2D eigenvalue weighted by Gasteiger charge is -2.22. The summed E-state index contributed by atoms with van der Waals surface area (Å²) in [5, 5.41) is 6.10.